The summed E-state index contributed by atoms with van der Waals surface area (Å²) >= 11 is 0. The van der Waals surface area contributed by atoms with Crippen molar-refractivity contribution in [2.75, 3.05) is 6.61 Å². The van der Waals surface area contributed by atoms with Gasteiger partial charge in [-0.1, -0.05) is 69.4 Å². The van der Waals surface area contributed by atoms with Crippen LogP contribution < -0.4 is 0 Å². The molecule has 1 heterocycles. The quantitative estimate of drug-likeness (QED) is 0.469. The van der Waals surface area contributed by atoms with Crippen molar-refractivity contribution in [3.05, 3.63) is 54.6 Å². The molecule has 1 aromatic carbocycles. The minimum atomic E-state index is 0.259. The molecule has 3 heteroatoms. The summed E-state index contributed by atoms with van der Waals surface area (Å²) < 4.78 is 8.32. The fourth-order valence-corrected chi connectivity index (χ4v) is 2.96. The molecule has 0 aliphatic heterocycles. The van der Waals surface area contributed by atoms with E-state index in [1.165, 1.54) is 44.1 Å². The number of hydrogen-bond acceptors (Lipinski definition) is 2. The Hall–Kier alpha value is -1.61. The van der Waals surface area contributed by atoms with Crippen molar-refractivity contribution < 1.29 is 4.74 Å². The van der Waals surface area contributed by atoms with Gasteiger partial charge in [0.15, 0.2) is 0 Å². The van der Waals surface area contributed by atoms with Crippen molar-refractivity contribution >= 4 is 0 Å². The van der Waals surface area contributed by atoms with Gasteiger partial charge in [0.2, 0.25) is 0 Å². The molecule has 1 unspecified atom stereocenters. The largest absolute Gasteiger partial charge is 0.376 e. The molecule has 0 bridgehead atoms. The van der Waals surface area contributed by atoms with Crippen LogP contribution in [0.25, 0.3) is 0 Å². The van der Waals surface area contributed by atoms with Crippen LogP contribution in [0.1, 0.15) is 57.4 Å². The Morgan fingerprint density at radius 3 is 2.58 bits per heavy atom. The van der Waals surface area contributed by atoms with Crippen LogP contribution in [-0.2, 0) is 17.7 Å². The Labute approximate surface area is 147 Å². The summed E-state index contributed by atoms with van der Waals surface area (Å²) in [6, 6.07) is 10.7. The lowest BCUT2D eigenvalue weighted by molar-refractivity contribution is 0.0336. The van der Waals surface area contributed by atoms with Gasteiger partial charge < -0.3 is 9.30 Å². The number of unbranched alkanes of at least 4 members (excludes halogenated alkanes) is 5. The summed E-state index contributed by atoms with van der Waals surface area (Å²) in [5.41, 5.74) is 1.39. The first kappa shape index (κ1) is 18.7. The molecule has 1 aromatic heterocycles. The summed E-state index contributed by atoms with van der Waals surface area (Å²) in [6.45, 7) is 4.03. The zero-order valence-electron chi connectivity index (χ0n) is 15.1. The van der Waals surface area contributed by atoms with E-state index in [0.717, 1.165) is 26.0 Å². The molecule has 0 amide bonds. The molecular formula is C21H32N2O. The van der Waals surface area contributed by atoms with Crippen LogP contribution in [0.3, 0.4) is 0 Å². The second-order valence-electron chi connectivity index (χ2n) is 6.54. The van der Waals surface area contributed by atoms with E-state index < -0.39 is 0 Å². The number of nitrogens with zero attached hydrogens (tertiary/aromatic N) is 2. The third kappa shape index (κ3) is 7.78. The molecule has 0 saturated heterocycles. The van der Waals surface area contributed by atoms with Gasteiger partial charge in [-0.05, 0) is 24.8 Å². The van der Waals surface area contributed by atoms with Gasteiger partial charge >= 0.3 is 0 Å². The first-order chi connectivity index (χ1) is 11.9. The average molecular weight is 329 g/mol. The molecular weight excluding hydrogens is 296 g/mol. The molecule has 0 N–H and O–H groups in total. The van der Waals surface area contributed by atoms with E-state index >= 15 is 0 Å². The lowest BCUT2D eigenvalue weighted by atomic mass is 10.1. The van der Waals surface area contributed by atoms with Crippen LogP contribution in [0, 0.1) is 0 Å². The average Bonchev–Trinajstić information content (AvgIpc) is 3.12. The Kier molecular flexibility index (Phi) is 9.25. The molecule has 24 heavy (non-hydrogen) atoms. The molecule has 0 fully saturated rings. The van der Waals surface area contributed by atoms with Gasteiger partial charge in [0, 0.05) is 25.5 Å². The third-order valence-electron chi connectivity index (χ3n) is 4.42. The predicted molar refractivity (Wildman–Crippen MR) is 100 cm³/mol. The lowest BCUT2D eigenvalue weighted by Crippen LogP contribution is -2.21. The fourth-order valence-electron chi connectivity index (χ4n) is 2.96. The zero-order chi connectivity index (χ0) is 16.9. The topological polar surface area (TPSA) is 27.1 Å². The molecule has 0 saturated carbocycles. The summed E-state index contributed by atoms with van der Waals surface area (Å²) in [7, 11) is 0. The van der Waals surface area contributed by atoms with Crippen LogP contribution in [-0.4, -0.2) is 22.3 Å². The summed E-state index contributed by atoms with van der Waals surface area (Å²) in [5, 5.41) is 0. The number of benzene rings is 1. The van der Waals surface area contributed by atoms with Crippen LogP contribution in [0.15, 0.2) is 49.1 Å². The molecule has 0 aliphatic rings. The summed E-state index contributed by atoms with van der Waals surface area (Å²) in [5.74, 6) is 0. The van der Waals surface area contributed by atoms with Gasteiger partial charge in [-0.3, -0.25) is 0 Å². The van der Waals surface area contributed by atoms with Gasteiger partial charge in [0.1, 0.15) is 0 Å². The highest BCUT2D eigenvalue weighted by Crippen LogP contribution is 2.11. The smallest absolute Gasteiger partial charge is 0.0946 e. The van der Waals surface area contributed by atoms with Crippen molar-refractivity contribution in [3.63, 3.8) is 0 Å². The van der Waals surface area contributed by atoms with Crippen molar-refractivity contribution in [3.8, 4) is 0 Å². The second kappa shape index (κ2) is 11.9. The Balaban J connectivity index is 1.71. The molecule has 0 spiro atoms. The van der Waals surface area contributed by atoms with E-state index in [0.29, 0.717) is 0 Å². The predicted octanol–water partition coefficient (Wildman–Crippen LogP) is 5.26. The van der Waals surface area contributed by atoms with E-state index in [-0.39, 0.29) is 6.10 Å². The maximum Gasteiger partial charge on any atom is 0.0946 e. The summed E-state index contributed by atoms with van der Waals surface area (Å²) in [6.07, 6.45) is 16.0. The maximum absolute atomic E-state index is 6.20. The van der Waals surface area contributed by atoms with Crippen molar-refractivity contribution in [2.45, 2.75) is 70.9 Å². The lowest BCUT2D eigenvalue weighted by Gasteiger charge is -2.18. The monoisotopic (exact) mass is 328 g/mol. The van der Waals surface area contributed by atoms with Gasteiger partial charge in [-0.15, -0.1) is 0 Å². The first-order valence-corrected chi connectivity index (χ1v) is 9.49. The minimum absolute atomic E-state index is 0.259. The van der Waals surface area contributed by atoms with Crippen molar-refractivity contribution in [2.24, 2.45) is 0 Å². The number of aryl methyl sites for hydroxylation is 1. The first-order valence-electron chi connectivity index (χ1n) is 9.49. The number of aromatic nitrogens is 2. The number of rotatable bonds is 13. The highest BCUT2D eigenvalue weighted by molar-refractivity contribution is 5.14. The van der Waals surface area contributed by atoms with Crippen LogP contribution in [0.4, 0.5) is 0 Å². The van der Waals surface area contributed by atoms with Crippen molar-refractivity contribution in [1.82, 2.24) is 9.55 Å². The van der Waals surface area contributed by atoms with Gasteiger partial charge in [-0.2, -0.15) is 0 Å². The Morgan fingerprint density at radius 2 is 1.83 bits per heavy atom. The minimum Gasteiger partial charge on any atom is -0.376 e. The normalized spacial score (nSPS) is 12.4. The second-order valence-corrected chi connectivity index (χ2v) is 6.54. The maximum atomic E-state index is 6.20. The van der Waals surface area contributed by atoms with Crippen molar-refractivity contribution in [1.29, 1.82) is 0 Å². The van der Waals surface area contributed by atoms with E-state index in [9.17, 15) is 0 Å². The molecule has 2 aromatic rings. The molecule has 0 radical (unpaired) electrons. The molecule has 1 atom stereocenters. The van der Waals surface area contributed by atoms with E-state index in [4.69, 9.17) is 4.74 Å². The van der Waals surface area contributed by atoms with Gasteiger partial charge in [-0.25, -0.2) is 4.98 Å². The van der Waals surface area contributed by atoms with E-state index in [1.807, 2.05) is 18.7 Å². The molecule has 132 valence electrons. The molecule has 3 nitrogen and oxygen atoms in total. The van der Waals surface area contributed by atoms with Crippen LogP contribution in [0.2, 0.25) is 0 Å². The third-order valence-corrected chi connectivity index (χ3v) is 4.42. The number of ether oxygens (including phenoxy) is 1. The van der Waals surface area contributed by atoms with E-state index in [1.54, 1.807) is 0 Å². The highest BCUT2D eigenvalue weighted by atomic mass is 16.5. The highest BCUT2D eigenvalue weighted by Gasteiger charge is 2.10. The van der Waals surface area contributed by atoms with Gasteiger partial charge in [0.05, 0.1) is 12.4 Å². The molecule has 2 rings (SSSR count). The van der Waals surface area contributed by atoms with Crippen LogP contribution >= 0.6 is 0 Å². The zero-order valence-corrected chi connectivity index (χ0v) is 15.1. The number of imidazole rings is 1. The van der Waals surface area contributed by atoms with E-state index in [2.05, 4.69) is 46.8 Å². The fraction of sp³-hybridized carbons (Fsp3) is 0.571. The molecule has 0 aliphatic carbocycles. The summed E-state index contributed by atoms with van der Waals surface area (Å²) in [4.78, 5) is 4.14. The SMILES string of the molecule is CCCCCCCCOC(CCc1ccccc1)Cn1ccnc1. The van der Waals surface area contributed by atoms with Gasteiger partial charge in [0.25, 0.3) is 0 Å². The Bertz CT molecular complexity index is 510. The van der Waals surface area contributed by atoms with Crippen LogP contribution in [0.5, 0.6) is 0 Å². The Morgan fingerprint density at radius 1 is 1.04 bits per heavy atom. The standard InChI is InChI=1S/C21H32N2O/c1-2-3-4-5-6-10-17-24-21(18-23-16-15-22-19-23)14-13-20-11-8-7-9-12-20/h7-9,11-12,15-16,19,21H,2-6,10,13-14,17-18H2,1H3. The number of hydrogen-bond donors (Lipinski definition) is 0.